The van der Waals surface area contributed by atoms with E-state index in [1.54, 1.807) is 47.4 Å². The van der Waals surface area contributed by atoms with Crippen LogP contribution in [0.25, 0.3) is 0 Å². The third-order valence-electron chi connectivity index (χ3n) is 6.23. The van der Waals surface area contributed by atoms with Crippen LogP contribution in [0.3, 0.4) is 0 Å². The van der Waals surface area contributed by atoms with Gasteiger partial charge in [-0.15, -0.1) is 0 Å². The molecule has 1 aliphatic rings. The molecule has 2 aromatic carbocycles. The zero-order valence-electron chi connectivity index (χ0n) is 21.9. The number of nitrogens with zero attached hydrogens (tertiary/aromatic N) is 2. The molecule has 2 amide bonds. The average molecular weight is 584 g/mol. The third-order valence-corrected chi connectivity index (χ3v) is 7.84. The largest absolute Gasteiger partial charge is 0.755 e. The molecule has 1 aliphatic heterocycles. The number of carbonyl (C=O) groups is 2. The number of hydrogen-bond donors (Lipinski definition) is 1. The van der Waals surface area contributed by atoms with E-state index in [0.717, 1.165) is 24.8 Å². The van der Waals surface area contributed by atoms with Crippen LogP contribution < -0.4 is 9.62 Å². The van der Waals surface area contributed by atoms with Crippen molar-refractivity contribution in [2.24, 2.45) is 0 Å². The highest BCUT2D eigenvalue weighted by Crippen LogP contribution is 2.27. The molecule has 38 heavy (non-hydrogen) atoms. The fourth-order valence-corrected chi connectivity index (χ4v) is 5.30. The van der Waals surface area contributed by atoms with Gasteiger partial charge in [0.2, 0.25) is 0 Å². The molecule has 0 aliphatic carbocycles. The van der Waals surface area contributed by atoms with Crippen molar-refractivity contribution in [3.8, 4) is 0 Å². The molecule has 0 radical (unpaired) electrons. The number of hydrogen-bond acceptors (Lipinski definition) is 5. The van der Waals surface area contributed by atoms with Crippen molar-refractivity contribution in [3.05, 3.63) is 63.6 Å². The maximum atomic E-state index is 12.7. The Morgan fingerprint density at radius 2 is 1.87 bits per heavy atom. The Kier molecular flexibility index (Phi) is 10.8. The van der Waals surface area contributed by atoms with Gasteiger partial charge in [0.05, 0.1) is 10.0 Å². The highest BCUT2D eigenvalue weighted by atomic mass is 35.5. The summed E-state index contributed by atoms with van der Waals surface area (Å²) in [6, 6.07) is 11.6. The number of carbonyl (C=O) groups excluding carboxylic acids is 2. The normalized spacial score (nSPS) is 16.6. The van der Waals surface area contributed by atoms with Crippen LogP contribution in [0, 0.1) is 0 Å². The minimum atomic E-state index is -2.51. The van der Waals surface area contributed by atoms with E-state index in [-0.39, 0.29) is 24.6 Å². The van der Waals surface area contributed by atoms with Crippen LogP contribution in [0.1, 0.15) is 62.4 Å². The molecule has 2 unspecified atom stereocenters. The summed E-state index contributed by atoms with van der Waals surface area (Å²) < 4.78 is 30.5. The SMILES string of the molecule is CC(C)(C)OC(=O)N1CCCCC1CCNC(=O)c1ccc(N(CCc2cccc(Cl)c2Cl)S(=O)[O-])cc1. The molecule has 0 spiro atoms. The van der Waals surface area contributed by atoms with Crippen molar-refractivity contribution in [3.63, 3.8) is 0 Å². The lowest BCUT2D eigenvalue weighted by Crippen LogP contribution is -2.47. The summed E-state index contributed by atoms with van der Waals surface area (Å²) in [5.41, 5.74) is 1.03. The highest BCUT2D eigenvalue weighted by molar-refractivity contribution is 7.80. The molecule has 2 aromatic rings. The number of rotatable bonds is 9. The van der Waals surface area contributed by atoms with E-state index in [9.17, 15) is 18.4 Å². The Labute approximate surface area is 237 Å². The fourth-order valence-electron chi connectivity index (χ4n) is 4.35. The van der Waals surface area contributed by atoms with E-state index in [2.05, 4.69) is 5.32 Å². The molecular weight excluding hydrogens is 549 g/mol. The first-order valence-electron chi connectivity index (χ1n) is 12.6. The van der Waals surface area contributed by atoms with Crippen LogP contribution in [0.4, 0.5) is 10.5 Å². The van der Waals surface area contributed by atoms with Gasteiger partial charge in [0.1, 0.15) is 5.60 Å². The molecule has 2 atom stereocenters. The lowest BCUT2D eigenvalue weighted by Gasteiger charge is -2.36. The summed E-state index contributed by atoms with van der Waals surface area (Å²) in [7, 11) is 0. The van der Waals surface area contributed by atoms with Crippen LogP contribution in [-0.2, 0) is 22.4 Å². The minimum absolute atomic E-state index is 0.00914. The van der Waals surface area contributed by atoms with Gasteiger partial charge in [-0.25, -0.2) is 4.79 Å². The van der Waals surface area contributed by atoms with Crippen LogP contribution in [-0.4, -0.2) is 56.9 Å². The zero-order valence-corrected chi connectivity index (χ0v) is 24.2. The second-order valence-corrected chi connectivity index (χ2v) is 11.9. The van der Waals surface area contributed by atoms with Gasteiger partial charge in [-0.05, 0) is 88.8 Å². The Morgan fingerprint density at radius 1 is 1.16 bits per heavy atom. The summed E-state index contributed by atoms with van der Waals surface area (Å²) >= 11 is 9.76. The summed E-state index contributed by atoms with van der Waals surface area (Å²) in [5.74, 6) is -0.267. The van der Waals surface area contributed by atoms with Gasteiger partial charge in [0.25, 0.3) is 5.91 Å². The van der Waals surface area contributed by atoms with Crippen molar-refractivity contribution < 1.29 is 23.1 Å². The van der Waals surface area contributed by atoms with Crippen molar-refractivity contribution in [1.29, 1.82) is 0 Å². The van der Waals surface area contributed by atoms with Crippen LogP contribution >= 0.6 is 23.2 Å². The van der Waals surface area contributed by atoms with Crippen molar-refractivity contribution in [2.45, 2.75) is 64.5 Å². The van der Waals surface area contributed by atoms with Crippen LogP contribution in [0.5, 0.6) is 0 Å². The Bertz CT molecular complexity index is 1140. The number of piperidine rings is 1. The predicted molar refractivity (Wildman–Crippen MR) is 150 cm³/mol. The molecule has 11 heteroatoms. The lowest BCUT2D eigenvalue weighted by molar-refractivity contribution is 0.00901. The minimum Gasteiger partial charge on any atom is -0.755 e. The second-order valence-electron chi connectivity index (χ2n) is 10.2. The lowest BCUT2D eigenvalue weighted by atomic mass is 10.00. The zero-order chi connectivity index (χ0) is 27.9. The van der Waals surface area contributed by atoms with Crippen LogP contribution in [0.15, 0.2) is 42.5 Å². The Morgan fingerprint density at radius 3 is 2.53 bits per heavy atom. The maximum Gasteiger partial charge on any atom is 0.410 e. The van der Waals surface area contributed by atoms with Gasteiger partial charge in [0.15, 0.2) is 0 Å². The van der Waals surface area contributed by atoms with E-state index in [1.807, 2.05) is 20.8 Å². The summed E-state index contributed by atoms with van der Waals surface area (Å²) in [6.07, 6.45) is 3.51. The molecule has 1 N–H and O–H groups in total. The molecule has 3 rings (SSSR count). The van der Waals surface area contributed by atoms with Gasteiger partial charge in [0, 0.05) is 48.2 Å². The number of halogens is 2. The first kappa shape index (κ1) is 30.2. The Hall–Kier alpha value is -2.33. The van der Waals surface area contributed by atoms with E-state index in [1.165, 1.54) is 4.31 Å². The Balaban J connectivity index is 1.55. The molecule has 0 saturated carbocycles. The third kappa shape index (κ3) is 8.59. The molecular formula is C27H34Cl2N3O5S-. The number of likely N-dealkylation sites (tertiary alicyclic amines) is 1. The monoisotopic (exact) mass is 582 g/mol. The van der Waals surface area contributed by atoms with Gasteiger partial charge < -0.3 is 23.8 Å². The molecule has 1 heterocycles. The van der Waals surface area contributed by atoms with Crippen molar-refractivity contribution >= 4 is 52.2 Å². The molecule has 1 fully saturated rings. The summed E-state index contributed by atoms with van der Waals surface area (Å²) in [4.78, 5) is 27.1. The molecule has 208 valence electrons. The highest BCUT2D eigenvalue weighted by Gasteiger charge is 2.30. The maximum absolute atomic E-state index is 12.7. The van der Waals surface area contributed by atoms with E-state index in [0.29, 0.717) is 47.2 Å². The van der Waals surface area contributed by atoms with Gasteiger partial charge >= 0.3 is 6.09 Å². The predicted octanol–water partition coefficient (Wildman–Crippen LogP) is 5.75. The van der Waals surface area contributed by atoms with Crippen molar-refractivity contribution in [1.82, 2.24) is 10.2 Å². The van der Waals surface area contributed by atoms with Crippen molar-refractivity contribution in [2.75, 3.05) is 23.9 Å². The topological polar surface area (TPSA) is 102 Å². The van der Waals surface area contributed by atoms with Gasteiger partial charge in [-0.3, -0.25) is 9.00 Å². The number of amides is 2. The molecule has 0 aromatic heterocycles. The number of nitrogens with one attached hydrogen (secondary N) is 1. The summed E-state index contributed by atoms with van der Waals surface area (Å²) in [6.45, 7) is 6.75. The standard InChI is InChI=1S/C27H35Cl2N3O5S/c1-27(2,3)37-26(34)31-17-5-4-8-21(31)14-16-30-25(33)20-10-12-22(13-11-20)32(38(35)36)18-15-19-7-6-9-23(28)24(19)29/h6-7,9-13,21H,4-5,8,14-18H2,1-3H3,(H,30,33)(H,35,36)/p-1. The van der Waals surface area contributed by atoms with E-state index in [4.69, 9.17) is 27.9 Å². The number of benzene rings is 2. The smallest absolute Gasteiger partial charge is 0.410 e. The number of anilines is 1. The van der Waals surface area contributed by atoms with Gasteiger partial charge in [-0.1, -0.05) is 35.3 Å². The second kappa shape index (κ2) is 13.6. The average Bonchev–Trinajstić information content (AvgIpc) is 2.86. The first-order chi connectivity index (χ1) is 18.0. The first-order valence-corrected chi connectivity index (χ1v) is 14.4. The molecule has 1 saturated heterocycles. The van der Waals surface area contributed by atoms with E-state index < -0.39 is 16.9 Å². The molecule has 0 bridgehead atoms. The fraction of sp³-hybridized carbons (Fsp3) is 0.481. The summed E-state index contributed by atoms with van der Waals surface area (Å²) in [5, 5.41) is 3.72. The van der Waals surface area contributed by atoms with Gasteiger partial charge in [-0.2, -0.15) is 0 Å². The number of ether oxygens (including phenoxy) is 1. The van der Waals surface area contributed by atoms with Crippen LogP contribution in [0.2, 0.25) is 10.0 Å². The van der Waals surface area contributed by atoms with E-state index >= 15 is 0 Å². The molecule has 8 nitrogen and oxygen atoms in total. The quantitative estimate of drug-likeness (QED) is 0.379.